The summed E-state index contributed by atoms with van der Waals surface area (Å²) in [6.07, 6.45) is 1.21. The standard InChI is InChI=1S/C5H8N4S/c1-4-7-8-5(10-4)9(2)3-6/h3,6H,1-2H3. The Morgan fingerprint density at radius 3 is 2.70 bits per heavy atom. The first-order valence-electron chi connectivity index (χ1n) is 2.77. The van der Waals surface area contributed by atoms with Gasteiger partial charge in [-0.05, 0) is 6.92 Å². The minimum absolute atomic E-state index is 0.757. The van der Waals surface area contributed by atoms with Gasteiger partial charge in [0.15, 0.2) is 0 Å². The highest BCUT2D eigenvalue weighted by atomic mass is 32.1. The van der Waals surface area contributed by atoms with Crippen molar-refractivity contribution >= 4 is 22.8 Å². The van der Waals surface area contributed by atoms with Crippen LogP contribution in [-0.4, -0.2) is 23.6 Å². The van der Waals surface area contributed by atoms with Gasteiger partial charge in [-0.3, -0.25) is 5.41 Å². The van der Waals surface area contributed by atoms with E-state index < -0.39 is 0 Å². The van der Waals surface area contributed by atoms with Gasteiger partial charge in [-0.2, -0.15) is 0 Å². The van der Waals surface area contributed by atoms with Gasteiger partial charge in [-0.1, -0.05) is 11.3 Å². The predicted molar refractivity (Wildman–Crippen MR) is 41.8 cm³/mol. The summed E-state index contributed by atoms with van der Waals surface area (Å²) in [5, 5.41) is 16.2. The Kier molecular flexibility index (Phi) is 1.96. The molecular weight excluding hydrogens is 148 g/mol. The molecule has 5 heteroatoms. The monoisotopic (exact) mass is 156 g/mol. The van der Waals surface area contributed by atoms with Gasteiger partial charge >= 0.3 is 0 Å². The number of rotatable bonds is 2. The van der Waals surface area contributed by atoms with Gasteiger partial charge in [0.05, 0.1) is 6.34 Å². The molecule has 0 aliphatic rings. The van der Waals surface area contributed by atoms with E-state index >= 15 is 0 Å². The Labute approximate surface area is 63.0 Å². The average Bonchev–Trinajstić information content (AvgIpc) is 2.34. The van der Waals surface area contributed by atoms with Crippen molar-refractivity contribution in [3.8, 4) is 0 Å². The van der Waals surface area contributed by atoms with Gasteiger partial charge in [0, 0.05) is 7.05 Å². The number of anilines is 1. The van der Waals surface area contributed by atoms with Crippen LogP contribution in [0.1, 0.15) is 5.01 Å². The highest BCUT2D eigenvalue weighted by Gasteiger charge is 2.01. The third-order valence-corrected chi connectivity index (χ3v) is 1.94. The number of hydrogen-bond donors (Lipinski definition) is 1. The summed E-state index contributed by atoms with van der Waals surface area (Å²) in [6, 6.07) is 0. The van der Waals surface area contributed by atoms with E-state index in [0.29, 0.717) is 0 Å². The van der Waals surface area contributed by atoms with E-state index in [1.807, 2.05) is 6.92 Å². The van der Waals surface area contributed by atoms with Crippen molar-refractivity contribution in [3.05, 3.63) is 5.01 Å². The van der Waals surface area contributed by atoms with Crippen molar-refractivity contribution in [2.45, 2.75) is 6.92 Å². The molecule has 1 rings (SSSR count). The molecule has 0 amide bonds. The van der Waals surface area contributed by atoms with Crippen molar-refractivity contribution in [2.75, 3.05) is 11.9 Å². The van der Waals surface area contributed by atoms with Crippen LogP contribution in [0.5, 0.6) is 0 Å². The quantitative estimate of drug-likeness (QED) is 0.511. The fourth-order valence-electron chi connectivity index (χ4n) is 0.484. The SMILES string of the molecule is Cc1nnc(N(C)C=N)s1. The second kappa shape index (κ2) is 2.74. The molecule has 10 heavy (non-hydrogen) atoms. The average molecular weight is 156 g/mol. The molecule has 1 aromatic heterocycles. The van der Waals surface area contributed by atoms with Crippen LogP contribution < -0.4 is 4.90 Å². The van der Waals surface area contributed by atoms with E-state index in [4.69, 9.17) is 5.41 Å². The summed E-state index contributed by atoms with van der Waals surface area (Å²) >= 11 is 1.47. The summed E-state index contributed by atoms with van der Waals surface area (Å²) in [4.78, 5) is 1.62. The van der Waals surface area contributed by atoms with Crippen molar-refractivity contribution in [1.29, 1.82) is 5.41 Å². The van der Waals surface area contributed by atoms with E-state index in [0.717, 1.165) is 10.1 Å². The lowest BCUT2D eigenvalue weighted by atomic mass is 10.9. The zero-order valence-electron chi connectivity index (χ0n) is 5.83. The van der Waals surface area contributed by atoms with Gasteiger partial charge in [0.25, 0.3) is 0 Å². The third kappa shape index (κ3) is 1.30. The molecule has 0 spiro atoms. The maximum atomic E-state index is 6.90. The van der Waals surface area contributed by atoms with Gasteiger partial charge in [-0.25, -0.2) is 0 Å². The van der Waals surface area contributed by atoms with Gasteiger partial charge in [-0.15, -0.1) is 10.2 Å². The van der Waals surface area contributed by atoms with Crippen LogP contribution in [0.15, 0.2) is 0 Å². The number of hydrogen-bond acceptors (Lipinski definition) is 4. The van der Waals surface area contributed by atoms with E-state index in [1.165, 1.54) is 17.7 Å². The van der Waals surface area contributed by atoms with E-state index in [2.05, 4.69) is 10.2 Å². The Balaban J connectivity index is 2.84. The maximum Gasteiger partial charge on any atom is 0.213 e. The normalized spacial score (nSPS) is 9.40. The number of aromatic nitrogens is 2. The first-order valence-corrected chi connectivity index (χ1v) is 3.59. The second-order valence-corrected chi connectivity index (χ2v) is 3.00. The molecule has 1 heterocycles. The lowest BCUT2D eigenvalue weighted by molar-refractivity contribution is 1.03. The molecule has 1 N–H and O–H groups in total. The molecule has 0 aliphatic heterocycles. The molecule has 0 saturated carbocycles. The zero-order valence-corrected chi connectivity index (χ0v) is 6.64. The van der Waals surface area contributed by atoms with E-state index in [-0.39, 0.29) is 0 Å². The molecule has 0 unspecified atom stereocenters. The second-order valence-electron chi connectivity index (χ2n) is 1.84. The summed E-state index contributed by atoms with van der Waals surface area (Å²) in [5.74, 6) is 0. The zero-order chi connectivity index (χ0) is 7.56. The van der Waals surface area contributed by atoms with Crippen LogP contribution in [0.2, 0.25) is 0 Å². The predicted octanol–water partition coefficient (Wildman–Crippen LogP) is 0.890. The van der Waals surface area contributed by atoms with Crippen molar-refractivity contribution in [2.24, 2.45) is 0 Å². The third-order valence-electron chi connectivity index (χ3n) is 1.01. The van der Waals surface area contributed by atoms with Crippen LogP contribution in [0.4, 0.5) is 5.13 Å². The highest BCUT2D eigenvalue weighted by Crippen LogP contribution is 2.15. The van der Waals surface area contributed by atoms with Crippen molar-refractivity contribution in [1.82, 2.24) is 10.2 Å². The molecule has 0 aromatic carbocycles. The number of nitrogens with zero attached hydrogens (tertiary/aromatic N) is 3. The lowest BCUT2D eigenvalue weighted by Gasteiger charge is -2.03. The van der Waals surface area contributed by atoms with Crippen LogP contribution in [-0.2, 0) is 0 Å². The maximum absolute atomic E-state index is 6.90. The van der Waals surface area contributed by atoms with Crippen molar-refractivity contribution < 1.29 is 0 Å². The van der Waals surface area contributed by atoms with Crippen LogP contribution >= 0.6 is 11.3 Å². The molecule has 0 aliphatic carbocycles. The number of aryl methyl sites for hydroxylation is 1. The summed E-state index contributed by atoms with van der Waals surface area (Å²) in [5.41, 5.74) is 0. The van der Waals surface area contributed by atoms with E-state index in [1.54, 1.807) is 11.9 Å². The molecule has 0 radical (unpaired) electrons. The Hall–Kier alpha value is -0.970. The minimum atomic E-state index is 0.757. The molecule has 0 bridgehead atoms. The largest absolute Gasteiger partial charge is 0.311 e. The van der Waals surface area contributed by atoms with Gasteiger partial charge in [0.2, 0.25) is 5.13 Å². The van der Waals surface area contributed by atoms with Gasteiger partial charge in [0.1, 0.15) is 5.01 Å². The summed E-state index contributed by atoms with van der Waals surface area (Å²) in [6.45, 7) is 1.89. The van der Waals surface area contributed by atoms with Crippen LogP contribution in [0, 0.1) is 12.3 Å². The Morgan fingerprint density at radius 2 is 2.30 bits per heavy atom. The minimum Gasteiger partial charge on any atom is -0.311 e. The van der Waals surface area contributed by atoms with Gasteiger partial charge < -0.3 is 4.90 Å². The molecule has 4 nitrogen and oxygen atoms in total. The van der Waals surface area contributed by atoms with Crippen molar-refractivity contribution in [3.63, 3.8) is 0 Å². The molecular formula is C5H8N4S. The lowest BCUT2D eigenvalue weighted by Crippen LogP contribution is -2.12. The topological polar surface area (TPSA) is 52.9 Å². The molecule has 0 saturated heterocycles. The summed E-state index contributed by atoms with van der Waals surface area (Å²) < 4.78 is 0. The molecule has 0 atom stereocenters. The molecule has 0 fully saturated rings. The smallest absolute Gasteiger partial charge is 0.213 e. The molecule has 54 valence electrons. The van der Waals surface area contributed by atoms with Crippen LogP contribution in [0.3, 0.4) is 0 Å². The van der Waals surface area contributed by atoms with E-state index in [9.17, 15) is 0 Å². The first kappa shape index (κ1) is 7.14. The highest BCUT2D eigenvalue weighted by molar-refractivity contribution is 7.15. The fraction of sp³-hybridized carbons (Fsp3) is 0.400. The molecule has 1 aromatic rings. The number of nitrogens with one attached hydrogen (secondary N) is 1. The Bertz CT molecular complexity index is 231. The van der Waals surface area contributed by atoms with Crippen LogP contribution in [0.25, 0.3) is 0 Å². The fourth-order valence-corrected chi connectivity index (χ4v) is 1.11. The first-order chi connectivity index (χ1) is 4.74. The Morgan fingerprint density at radius 1 is 1.60 bits per heavy atom. The summed E-state index contributed by atoms with van der Waals surface area (Å²) in [7, 11) is 1.77.